The Morgan fingerprint density at radius 2 is 2.13 bits per heavy atom. The molecule has 194 valence electrons. The van der Waals surface area contributed by atoms with Crippen LogP contribution < -0.4 is 10.2 Å². The van der Waals surface area contributed by atoms with Crippen molar-refractivity contribution < 1.29 is 9.59 Å². The van der Waals surface area contributed by atoms with Crippen molar-refractivity contribution in [3.63, 3.8) is 0 Å². The maximum atomic E-state index is 12.9. The Morgan fingerprint density at radius 1 is 1.34 bits per heavy atom. The van der Waals surface area contributed by atoms with Crippen LogP contribution in [0.3, 0.4) is 0 Å². The summed E-state index contributed by atoms with van der Waals surface area (Å²) in [6.45, 7) is 6.59. The second-order valence-electron chi connectivity index (χ2n) is 11.0. The number of halogens is 1. The van der Waals surface area contributed by atoms with Crippen LogP contribution in [0.4, 0.5) is 5.95 Å². The summed E-state index contributed by atoms with van der Waals surface area (Å²) < 4.78 is 1.62. The van der Waals surface area contributed by atoms with E-state index >= 15 is 0 Å². The largest absolute Gasteiger partial charge is 0.348 e. The molecule has 3 aromatic rings. The standard InChI is InChI=1S/C27H27ClN8O2/c1-14-21(11-30-26(31-14)35-12-17-6-20(17)25(35)38)15(2)36-13-23(33-34-36)24(37)32-19-8-27(3,9-19)22-7-18(28)5-4-16(22)10-29/h4-5,7,11,13,15,17,19-20H,6,8-9,12H2,1-3H3,(H,32,37)/t15-,17+,19?,20+,27?/m0/s1. The highest BCUT2D eigenvalue weighted by atomic mass is 35.5. The summed E-state index contributed by atoms with van der Waals surface area (Å²) in [5.74, 6) is 0.869. The number of rotatable bonds is 6. The zero-order chi connectivity index (χ0) is 26.8. The van der Waals surface area contributed by atoms with Gasteiger partial charge in [-0.05, 0) is 68.2 Å². The Kier molecular flexibility index (Phi) is 5.72. The first-order valence-electron chi connectivity index (χ1n) is 12.7. The van der Waals surface area contributed by atoms with Crippen LogP contribution >= 0.6 is 11.6 Å². The first-order valence-corrected chi connectivity index (χ1v) is 13.1. The predicted molar refractivity (Wildman–Crippen MR) is 139 cm³/mol. The van der Waals surface area contributed by atoms with Crippen LogP contribution in [0.5, 0.6) is 0 Å². The van der Waals surface area contributed by atoms with Crippen LogP contribution in [0.1, 0.15) is 72.0 Å². The van der Waals surface area contributed by atoms with Crippen molar-refractivity contribution in [2.45, 2.75) is 57.5 Å². The molecule has 6 rings (SSSR count). The molecule has 2 aromatic heterocycles. The van der Waals surface area contributed by atoms with Gasteiger partial charge >= 0.3 is 0 Å². The molecule has 1 aromatic carbocycles. The third-order valence-electron chi connectivity index (χ3n) is 8.24. The SMILES string of the molecule is Cc1nc(N2C[C@H]3C[C@H]3C2=O)ncc1[C@H](C)n1cc(C(=O)NC2CC(C)(c3cc(Cl)ccc3C#N)C2)nn1. The minimum Gasteiger partial charge on any atom is -0.348 e. The second kappa shape index (κ2) is 8.88. The molecule has 11 heteroatoms. The number of nitrogens with zero attached hydrogens (tertiary/aromatic N) is 7. The van der Waals surface area contributed by atoms with E-state index in [1.807, 2.05) is 19.9 Å². The van der Waals surface area contributed by atoms with Crippen LogP contribution in [0.2, 0.25) is 5.02 Å². The summed E-state index contributed by atoms with van der Waals surface area (Å²) in [5, 5.41) is 21.4. The van der Waals surface area contributed by atoms with Gasteiger partial charge in [-0.1, -0.05) is 23.7 Å². The first-order chi connectivity index (χ1) is 18.2. The highest BCUT2D eigenvalue weighted by Crippen LogP contribution is 2.47. The number of fused-ring (bicyclic) bond motifs is 1. The van der Waals surface area contributed by atoms with Crippen molar-refractivity contribution in [1.29, 1.82) is 5.26 Å². The Bertz CT molecular complexity index is 1500. The summed E-state index contributed by atoms with van der Waals surface area (Å²) in [4.78, 5) is 36.0. The number of hydrogen-bond donors (Lipinski definition) is 1. The van der Waals surface area contributed by atoms with Gasteiger partial charge in [0.15, 0.2) is 5.69 Å². The number of carbonyl (C=O) groups is 2. The van der Waals surface area contributed by atoms with Gasteiger partial charge in [0.1, 0.15) is 0 Å². The van der Waals surface area contributed by atoms with Crippen molar-refractivity contribution in [3.05, 3.63) is 63.7 Å². The van der Waals surface area contributed by atoms with Gasteiger partial charge in [-0.3, -0.25) is 14.5 Å². The monoisotopic (exact) mass is 530 g/mol. The summed E-state index contributed by atoms with van der Waals surface area (Å²) in [5.41, 5.74) is 3.10. The number of nitrogens with one attached hydrogen (secondary N) is 1. The van der Waals surface area contributed by atoms with E-state index in [0.717, 1.165) is 23.2 Å². The smallest absolute Gasteiger partial charge is 0.273 e. The lowest BCUT2D eigenvalue weighted by Gasteiger charge is -2.46. The van der Waals surface area contributed by atoms with Crippen molar-refractivity contribution in [1.82, 2.24) is 30.3 Å². The van der Waals surface area contributed by atoms with Gasteiger partial charge in [-0.15, -0.1) is 5.10 Å². The zero-order valence-corrected chi connectivity index (χ0v) is 22.1. The summed E-state index contributed by atoms with van der Waals surface area (Å²) in [6, 6.07) is 7.25. The third kappa shape index (κ3) is 4.11. The molecule has 0 spiro atoms. The lowest BCUT2D eigenvalue weighted by Crippen LogP contribution is -2.52. The third-order valence-corrected chi connectivity index (χ3v) is 8.48. The molecule has 0 bridgehead atoms. The normalized spacial score (nSPS) is 26.3. The predicted octanol–water partition coefficient (Wildman–Crippen LogP) is 3.34. The molecule has 1 saturated heterocycles. The summed E-state index contributed by atoms with van der Waals surface area (Å²) in [6.07, 6.45) is 5.72. The van der Waals surface area contributed by atoms with E-state index in [4.69, 9.17) is 11.6 Å². The number of benzene rings is 1. The Hall–Kier alpha value is -3.84. The number of aryl methyl sites for hydroxylation is 1. The number of carbonyl (C=O) groups excluding carboxylic acids is 2. The van der Waals surface area contributed by atoms with E-state index in [0.29, 0.717) is 41.8 Å². The molecule has 1 N–H and O–H groups in total. The molecular formula is C27H27ClN8O2. The van der Waals surface area contributed by atoms with Crippen molar-refractivity contribution in [3.8, 4) is 6.07 Å². The van der Waals surface area contributed by atoms with Crippen LogP contribution in [-0.4, -0.2) is 49.4 Å². The second-order valence-corrected chi connectivity index (χ2v) is 11.4. The lowest BCUT2D eigenvalue weighted by molar-refractivity contribution is -0.118. The molecular weight excluding hydrogens is 504 g/mol. The number of piperidine rings is 1. The molecule has 2 aliphatic carbocycles. The number of amides is 2. The number of anilines is 1. The molecule has 1 aliphatic heterocycles. The van der Waals surface area contributed by atoms with E-state index in [1.54, 1.807) is 34.1 Å². The van der Waals surface area contributed by atoms with Gasteiger partial charge in [-0.25, -0.2) is 14.6 Å². The van der Waals surface area contributed by atoms with Gasteiger partial charge < -0.3 is 5.32 Å². The van der Waals surface area contributed by atoms with Crippen LogP contribution in [0, 0.1) is 30.1 Å². The highest BCUT2D eigenvalue weighted by molar-refractivity contribution is 6.30. The molecule has 3 atom stereocenters. The van der Waals surface area contributed by atoms with E-state index in [1.165, 1.54) is 0 Å². The molecule has 10 nitrogen and oxygen atoms in total. The maximum absolute atomic E-state index is 12.9. The van der Waals surface area contributed by atoms with Crippen LogP contribution in [-0.2, 0) is 10.2 Å². The molecule has 38 heavy (non-hydrogen) atoms. The van der Waals surface area contributed by atoms with Crippen molar-refractivity contribution >= 4 is 29.4 Å². The fourth-order valence-corrected chi connectivity index (χ4v) is 6.07. The van der Waals surface area contributed by atoms with E-state index in [-0.39, 0.29) is 40.9 Å². The van der Waals surface area contributed by atoms with Gasteiger partial charge in [0.05, 0.1) is 23.9 Å². The molecule has 0 radical (unpaired) electrons. The van der Waals surface area contributed by atoms with Crippen LogP contribution in [0.25, 0.3) is 0 Å². The van der Waals surface area contributed by atoms with E-state index in [9.17, 15) is 14.9 Å². The minimum atomic E-state index is -0.295. The number of aromatic nitrogens is 5. The van der Waals surface area contributed by atoms with E-state index in [2.05, 4.69) is 38.6 Å². The fraction of sp³-hybridized carbons (Fsp3) is 0.444. The first kappa shape index (κ1) is 24.5. The topological polar surface area (TPSA) is 130 Å². The zero-order valence-electron chi connectivity index (χ0n) is 21.3. The fourth-order valence-electron chi connectivity index (χ4n) is 5.90. The number of nitriles is 1. The molecule has 3 fully saturated rings. The average molecular weight is 531 g/mol. The molecule has 0 unspecified atom stereocenters. The summed E-state index contributed by atoms with van der Waals surface area (Å²) in [7, 11) is 0. The van der Waals surface area contributed by atoms with Gasteiger partial charge in [0.2, 0.25) is 11.9 Å². The lowest BCUT2D eigenvalue weighted by atomic mass is 9.62. The Labute approximate surface area is 225 Å². The molecule has 3 aliphatic rings. The molecule has 2 amide bonds. The molecule has 3 heterocycles. The quantitative estimate of drug-likeness (QED) is 0.517. The van der Waals surface area contributed by atoms with Gasteiger partial charge in [-0.2, -0.15) is 5.26 Å². The van der Waals surface area contributed by atoms with Crippen molar-refractivity contribution in [2.24, 2.45) is 11.8 Å². The van der Waals surface area contributed by atoms with Crippen LogP contribution in [0.15, 0.2) is 30.6 Å². The Balaban J connectivity index is 1.10. The van der Waals surface area contributed by atoms with E-state index < -0.39 is 0 Å². The van der Waals surface area contributed by atoms with Gasteiger partial charge in [0, 0.05) is 41.0 Å². The highest BCUT2D eigenvalue weighted by Gasteiger charge is 2.53. The van der Waals surface area contributed by atoms with Crippen molar-refractivity contribution in [2.75, 3.05) is 11.4 Å². The Morgan fingerprint density at radius 3 is 2.82 bits per heavy atom. The average Bonchev–Trinajstić information content (AvgIpc) is 3.33. The summed E-state index contributed by atoms with van der Waals surface area (Å²) >= 11 is 6.17. The maximum Gasteiger partial charge on any atom is 0.273 e. The minimum absolute atomic E-state index is 0.0388. The molecule has 2 saturated carbocycles. The number of hydrogen-bond acceptors (Lipinski definition) is 7. The van der Waals surface area contributed by atoms with Gasteiger partial charge in [0.25, 0.3) is 5.91 Å².